The summed E-state index contributed by atoms with van der Waals surface area (Å²) in [6, 6.07) is 0. The molecule has 1 aliphatic heterocycles. The summed E-state index contributed by atoms with van der Waals surface area (Å²) in [7, 11) is 0. The fourth-order valence-corrected chi connectivity index (χ4v) is 1.85. The second-order valence-electron chi connectivity index (χ2n) is 2.42. The van der Waals surface area contributed by atoms with Crippen LogP contribution in [0.15, 0.2) is 0 Å². The van der Waals surface area contributed by atoms with Crippen molar-refractivity contribution in [3.05, 3.63) is 0 Å². The molecule has 0 spiro atoms. The van der Waals surface area contributed by atoms with E-state index in [-0.39, 0.29) is 5.24 Å². The molecule has 0 unspecified atom stereocenters. The Bertz CT molecular complexity index is 212. The van der Waals surface area contributed by atoms with Crippen LogP contribution < -0.4 is 0 Å². The molecule has 0 aliphatic carbocycles. The van der Waals surface area contributed by atoms with E-state index in [0.717, 1.165) is 28.4 Å². The highest BCUT2D eigenvalue weighted by atomic mass is 79.9. The lowest BCUT2D eigenvalue weighted by Crippen LogP contribution is -2.31. The number of halogens is 1. The van der Waals surface area contributed by atoms with E-state index < -0.39 is 6.09 Å². The summed E-state index contributed by atoms with van der Waals surface area (Å²) in [5.41, 5.74) is 0. The maximum atomic E-state index is 11.2. The van der Waals surface area contributed by atoms with Crippen molar-refractivity contribution in [3.63, 3.8) is 0 Å². The lowest BCUT2D eigenvalue weighted by atomic mass is 10.5. The van der Waals surface area contributed by atoms with Crippen LogP contribution in [0.3, 0.4) is 0 Å². The number of ether oxygens (including phenoxy) is 1. The van der Waals surface area contributed by atoms with Crippen LogP contribution in [0.25, 0.3) is 0 Å². The third-order valence-corrected chi connectivity index (χ3v) is 2.90. The molecule has 13 heavy (non-hydrogen) atoms. The van der Waals surface area contributed by atoms with Crippen LogP contribution in [-0.4, -0.2) is 40.5 Å². The predicted molar refractivity (Wildman–Crippen MR) is 54.3 cm³/mol. The lowest BCUT2D eigenvalue weighted by molar-refractivity contribution is 0.118. The van der Waals surface area contributed by atoms with E-state index in [0.29, 0.717) is 18.9 Å². The van der Waals surface area contributed by atoms with E-state index in [9.17, 15) is 9.59 Å². The van der Waals surface area contributed by atoms with Crippen molar-refractivity contribution in [1.82, 2.24) is 4.90 Å². The fourth-order valence-electron chi connectivity index (χ4n) is 0.851. The van der Waals surface area contributed by atoms with Crippen LogP contribution in [0, 0.1) is 0 Å². The molecule has 1 saturated heterocycles. The molecule has 0 aromatic rings. The number of carbonyl (C=O) groups excluding carboxylic acids is 2. The molecule has 0 bridgehead atoms. The van der Waals surface area contributed by atoms with E-state index in [1.807, 2.05) is 0 Å². The zero-order chi connectivity index (χ0) is 9.68. The average molecular weight is 268 g/mol. The Morgan fingerprint density at radius 3 is 3.00 bits per heavy atom. The van der Waals surface area contributed by atoms with Crippen molar-refractivity contribution in [2.24, 2.45) is 0 Å². The highest BCUT2D eigenvalue weighted by molar-refractivity contribution is 9.09. The largest absolute Gasteiger partial charge is 0.449 e. The van der Waals surface area contributed by atoms with Crippen LogP contribution in [-0.2, 0) is 4.74 Å². The van der Waals surface area contributed by atoms with Gasteiger partial charge in [-0.2, -0.15) is 0 Å². The first kappa shape index (κ1) is 10.8. The SMILES string of the molecule is O=C(OCCCBr)N1CCSC1=O. The highest BCUT2D eigenvalue weighted by Crippen LogP contribution is 2.17. The molecule has 6 heteroatoms. The molecule has 1 fully saturated rings. The molecule has 1 aliphatic rings. The normalized spacial score (nSPS) is 16.4. The molecule has 4 nitrogen and oxygen atoms in total. The molecule has 0 saturated carbocycles. The van der Waals surface area contributed by atoms with Gasteiger partial charge in [-0.05, 0) is 6.42 Å². The van der Waals surface area contributed by atoms with Crippen LogP contribution in [0.2, 0.25) is 0 Å². The maximum Gasteiger partial charge on any atom is 0.417 e. The molecule has 1 rings (SSSR count). The molecule has 0 N–H and O–H groups in total. The van der Waals surface area contributed by atoms with Crippen molar-refractivity contribution < 1.29 is 14.3 Å². The number of carbonyl (C=O) groups is 2. The second-order valence-corrected chi connectivity index (χ2v) is 4.26. The van der Waals surface area contributed by atoms with Crippen molar-refractivity contribution in [3.8, 4) is 0 Å². The molecule has 0 radical (unpaired) electrons. The summed E-state index contributed by atoms with van der Waals surface area (Å²) in [5.74, 6) is 0.673. The van der Waals surface area contributed by atoms with Crippen molar-refractivity contribution in [1.29, 1.82) is 0 Å². The van der Waals surface area contributed by atoms with Gasteiger partial charge in [-0.3, -0.25) is 4.79 Å². The Morgan fingerprint density at radius 2 is 2.46 bits per heavy atom. The average Bonchev–Trinajstić information content (AvgIpc) is 2.52. The van der Waals surface area contributed by atoms with Crippen LogP contribution in [0.1, 0.15) is 6.42 Å². The zero-order valence-electron chi connectivity index (χ0n) is 6.99. The van der Waals surface area contributed by atoms with Crippen LogP contribution in [0.5, 0.6) is 0 Å². The smallest absolute Gasteiger partial charge is 0.417 e. The molecule has 0 aromatic carbocycles. The number of imide groups is 1. The van der Waals surface area contributed by atoms with Gasteiger partial charge in [-0.1, -0.05) is 27.7 Å². The summed E-state index contributed by atoms with van der Waals surface area (Å²) in [4.78, 5) is 23.3. The first-order valence-corrected chi connectivity index (χ1v) is 6.03. The molecule has 0 atom stereocenters. The maximum absolute atomic E-state index is 11.2. The third kappa shape index (κ3) is 3.19. The first-order chi connectivity index (χ1) is 6.25. The molecular formula is C7H10BrNO3S. The van der Waals surface area contributed by atoms with E-state index in [4.69, 9.17) is 4.74 Å². The Hall–Kier alpha value is -0.230. The Balaban J connectivity index is 2.26. The molecule has 0 aromatic heterocycles. The Morgan fingerprint density at radius 1 is 1.69 bits per heavy atom. The molecule has 2 amide bonds. The van der Waals surface area contributed by atoms with Gasteiger partial charge < -0.3 is 4.74 Å². The lowest BCUT2D eigenvalue weighted by Gasteiger charge is -2.11. The number of amides is 2. The highest BCUT2D eigenvalue weighted by Gasteiger charge is 2.28. The Kier molecular flexibility index (Phi) is 4.58. The second kappa shape index (κ2) is 5.49. The van der Waals surface area contributed by atoms with Crippen LogP contribution in [0.4, 0.5) is 9.59 Å². The Labute approximate surface area is 89.1 Å². The van der Waals surface area contributed by atoms with E-state index >= 15 is 0 Å². The minimum atomic E-state index is -0.518. The van der Waals surface area contributed by atoms with Crippen molar-refractivity contribution >= 4 is 39.0 Å². The molecule has 74 valence electrons. The van der Waals surface area contributed by atoms with Gasteiger partial charge in [-0.15, -0.1) is 0 Å². The standard InChI is InChI=1S/C7H10BrNO3S/c8-2-1-4-12-6(10)9-3-5-13-7(9)11/h1-5H2. The van der Waals surface area contributed by atoms with E-state index in [1.165, 1.54) is 0 Å². The van der Waals surface area contributed by atoms with Gasteiger partial charge in [0.05, 0.1) is 6.61 Å². The minimum Gasteiger partial charge on any atom is -0.449 e. The van der Waals surface area contributed by atoms with Gasteiger partial charge >= 0.3 is 6.09 Å². The van der Waals surface area contributed by atoms with E-state index in [2.05, 4.69) is 15.9 Å². The first-order valence-electron chi connectivity index (χ1n) is 3.92. The van der Waals surface area contributed by atoms with Gasteiger partial charge in [0.2, 0.25) is 0 Å². The quantitative estimate of drug-likeness (QED) is 0.580. The van der Waals surface area contributed by atoms with Crippen molar-refractivity contribution in [2.75, 3.05) is 24.2 Å². The van der Waals surface area contributed by atoms with Gasteiger partial charge in [0, 0.05) is 17.6 Å². The summed E-state index contributed by atoms with van der Waals surface area (Å²) < 4.78 is 4.86. The summed E-state index contributed by atoms with van der Waals surface area (Å²) in [5, 5.41) is 0.590. The fraction of sp³-hybridized carbons (Fsp3) is 0.714. The van der Waals surface area contributed by atoms with Gasteiger partial charge in [-0.25, -0.2) is 9.69 Å². The van der Waals surface area contributed by atoms with Gasteiger partial charge in [0.1, 0.15) is 0 Å². The minimum absolute atomic E-state index is 0.205. The van der Waals surface area contributed by atoms with Gasteiger partial charge in [0.25, 0.3) is 5.24 Å². The van der Waals surface area contributed by atoms with Crippen LogP contribution >= 0.6 is 27.7 Å². The monoisotopic (exact) mass is 267 g/mol. The summed E-state index contributed by atoms with van der Waals surface area (Å²) in [6.07, 6.45) is 0.247. The van der Waals surface area contributed by atoms with Gasteiger partial charge in [0.15, 0.2) is 0 Å². The zero-order valence-corrected chi connectivity index (χ0v) is 9.40. The van der Waals surface area contributed by atoms with Crippen molar-refractivity contribution in [2.45, 2.75) is 6.42 Å². The number of rotatable bonds is 3. The number of hydrogen-bond acceptors (Lipinski definition) is 4. The predicted octanol–water partition coefficient (Wildman–Crippen LogP) is 2.08. The number of hydrogen-bond donors (Lipinski definition) is 0. The number of thioether (sulfide) groups is 1. The summed E-state index contributed by atoms with van der Waals surface area (Å²) in [6.45, 7) is 0.829. The molecular weight excluding hydrogens is 258 g/mol. The topological polar surface area (TPSA) is 46.6 Å². The summed E-state index contributed by atoms with van der Waals surface area (Å²) >= 11 is 4.37. The molecule has 1 heterocycles. The number of nitrogens with zero attached hydrogens (tertiary/aromatic N) is 1. The number of alkyl halides is 1. The third-order valence-electron chi connectivity index (χ3n) is 1.48. The van der Waals surface area contributed by atoms with E-state index in [1.54, 1.807) is 0 Å².